The van der Waals surface area contributed by atoms with Gasteiger partial charge in [0, 0.05) is 0 Å². The molecule has 0 radical (unpaired) electrons. The van der Waals surface area contributed by atoms with Gasteiger partial charge in [-0.25, -0.2) is 15.0 Å². The van der Waals surface area contributed by atoms with E-state index in [0.29, 0.717) is 11.2 Å². The van der Waals surface area contributed by atoms with Gasteiger partial charge in [-0.15, -0.1) is 11.8 Å². The van der Waals surface area contributed by atoms with Gasteiger partial charge in [0.15, 0.2) is 11.5 Å². The van der Waals surface area contributed by atoms with Crippen molar-refractivity contribution in [3.8, 4) is 0 Å². The van der Waals surface area contributed by atoms with Gasteiger partial charge in [-0.3, -0.25) is 4.57 Å². The van der Waals surface area contributed by atoms with Crippen molar-refractivity contribution in [2.75, 3.05) is 12.3 Å². The molecular formula is C10H13N5O3S. The minimum atomic E-state index is -1.00. The van der Waals surface area contributed by atoms with Crippen LogP contribution in [0.5, 0.6) is 0 Å². The van der Waals surface area contributed by atoms with Crippen LogP contribution in [-0.4, -0.2) is 58.9 Å². The molecule has 9 heteroatoms. The number of hydrogen-bond donors (Lipinski definition) is 4. The number of aromatic nitrogens is 4. The Labute approximate surface area is 112 Å². The zero-order valence-electron chi connectivity index (χ0n) is 9.79. The number of thioether (sulfide) groups is 1. The Kier molecular flexibility index (Phi) is 3.05. The summed E-state index contributed by atoms with van der Waals surface area (Å²) in [4.78, 5) is 12.1. The molecular weight excluding hydrogens is 270 g/mol. The van der Waals surface area contributed by atoms with Crippen LogP contribution in [0.3, 0.4) is 0 Å². The van der Waals surface area contributed by atoms with Crippen LogP contribution in [0.1, 0.15) is 5.37 Å². The van der Waals surface area contributed by atoms with Gasteiger partial charge in [0.25, 0.3) is 0 Å². The monoisotopic (exact) mass is 283 g/mol. The van der Waals surface area contributed by atoms with Crippen LogP contribution in [0.4, 0.5) is 5.82 Å². The normalized spacial score (nSPS) is 31.1. The van der Waals surface area contributed by atoms with Crippen molar-refractivity contribution < 1.29 is 15.3 Å². The summed E-state index contributed by atoms with van der Waals surface area (Å²) in [6, 6.07) is 0. The predicted molar refractivity (Wildman–Crippen MR) is 69.3 cm³/mol. The third kappa shape index (κ3) is 1.86. The van der Waals surface area contributed by atoms with Crippen molar-refractivity contribution in [3.05, 3.63) is 12.7 Å². The van der Waals surface area contributed by atoms with Gasteiger partial charge in [0.1, 0.15) is 23.3 Å². The Morgan fingerprint density at radius 2 is 2.05 bits per heavy atom. The average molecular weight is 283 g/mol. The molecule has 1 aliphatic heterocycles. The summed E-state index contributed by atoms with van der Waals surface area (Å²) in [5.74, 6) is 0.264. The molecule has 4 atom stereocenters. The van der Waals surface area contributed by atoms with Crippen molar-refractivity contribution in [2.24, 2.45) is 0 Å². The molecule has 19 heavy (non-hydrogen) atoms. The van der Waals surface area contributed by atoms with E-state index in [1.165, 1.54) is 24.4 Å². The number of nitrogens with zero attached hydrogens (tertiary/aromatic N) is 4. The molecule has 0 unspecified atom stereocenters. The summed E-state index contributed by atoms with van der Waals surface area (Å²) < 4.78 is 1.64. The van der Waals surface area contributed by atoms with Crippen LogP contribution in [-0.2, 0) is 0 Å². The predicted octanol–water partition coefficient (Wildman–Crippen LogP) is -1.26. The molecule has 0 bridgehead atoms. The minimum absolute atomic E-state index is 0.205. The molecule has 0 aliphatic carbocycles. The number of hydrogen-bond acceptors (Lipinski definition) is 8. The molecule has 0 saturated carbocycles. The third-order valence-corrected chi connectivity index (χ3v) is 4.74. The zero-order chi connectivity index (χ0) is 13.6. The summed E-state index contributed by atoms with van der Waals surface area (Å²) in [5.41, 5.74) is 6.65. The van der Waals surface area contributed by atoms with E-state index < -0.39 is 22.8 Å². The van der Waals surface area contributed by atoms with E-state index >= 15 is 0 Å². The number of rotatable bonds is 2. The molecule has 1 saturated heterocycles. The SMILES string of the molecule is Nc1ncnc2c1ncn2[C@H]1S[C@H](CO)[C@@H](O)[C@@H]1O. The minimum Gasteiger partial charge on any atom is -0.395 e. The van der Waals surface area contributed by atoms with E-state index in [0.717, 1.165) is 0 Å². The van der Waals surface area contributed by atoms with Crippen molar-refractivity contribution in [3.63, 3.8) is 0 Å². The fraction of sp³-hybridized carbons (Fsp3) is 0.500. The quantitative estimate of drug-likeness (QED) is 0.537. The van der Waals surface area contributed by atoms with E-state index in [-0.39, 0.29) is 12.4 Å². The Balaban J connectivity index is 2.04. The second-order valence-electron chi connectivity index (χ2n) is 4.31. The van der Waals surface area contributed by atoms with Gasteiger partial charge in [0.05, 0.1) is 24.3 Å². The van der Waals surface area contributed by atoms with E-state index in [1.807, 2.05) is 0 Å². The average Bonchev–Trinajstić information content (AvgIpc) is 2.94. The van der Waals surface area contributed by atoms with E-state index in [9.17, 15) is 10.2 Å². The van der Waals surface area contributed by atoms with Crippen LogP contribution >= 0.6 is 11.8 Å². The van der Waals surface area contributed by atoms with Gasteiger partial charge < -0.3 is 21.1 Å². The molecule has 5 N–H and O–H groups in total. The fourth-order valence-corrected chi connectivity index (χ4v) is 3.54. The summed E-state index contributed by atoms with van der Waals surface area (Å²) in [5, 5.41) is 28.2. The number of aliphatic hydroxyl groups is 3. The number of aliphatic hydroxyl groups excluding tert-OH is 3. The smallest absolute Gasteiger partial charge is 0.166 e. The molecule has 3 heterocycles. The van der Waals surface area contributed by atoms with Crippen molar-refractivity contribution >= 4 is 28.7 Å². The Bertz CT molecular complexity index is 606. The molecule has 102 valence electrons. The maximum absolute atomic E-state index is 10.1. The summed E-state index contributed by atoms with van der Waals surface area (Å²) in [7, 11) is 0. The Morgan fingerprint density at radius 1 is 1.26 bits per heavy atom. The van der Waals surface area contributed by atoms with Crippen molar-refractivity contribution in [2.45, 2.75) is 22.8 Å². The van der Waals surface area contributed by atoms with Crippen LogP contribution < -0.4 is 5.73 Å². The third-order valence-electron chi connectivity index (χ3n) is 3.18. The zero-order valence-corrected chi connectivity index (χ0v) is 10.6. The number of imidazole rings is 1. The highest BCUT2D eigenvalue weighted by atomic mass is 32.2. The van der Waals surface area contributed by atoms with E-state index in [4.69, 9.17) is 10.8 Å². The second-order valence-corrected chi connectivity index (χ2v) is 5.67. The first-order valence-electron chi connectivity index (χ1n) is 5.69. The van der Waals surface area contributed by atoms with Gasteiger partial charge in [-0.05, 0) is 0 Å². The standard InChI is InChI=1S/C10H13N5O3S/c11-8-5-9(13-2-12-8)15(3-14-5)10-7(18)6(17)4(1-16)19-10/h2-4,6-7,10,16-18H,1H2,(H2,11,12,13)/t4-,6-,7+,10+/m1/s1. The summed E-state index contributed by atoms with van der Waals surface area (Å²) in [6.07, 6.45) is 0.831. The molecule has 1 aliphatic rings. The Hall–Kier alpha value is -1.42. The topological polar surface area (TPSA) is 130 Å². The lowest BCUT2D eigenvalue weighted by Crippen LogP contribution is -2.32. The molecule has 8 nitrogen and oxygen atoms in total. The van der Waals surface area contributed by atoms with Crippen molar-refractivity contribution in [1.29, 1.82) is 0 Å². The van der Waals surface area contributed by atoms with E-state index in [1.54, 1.807) is 4.57 Å². The maximum atomic E-state index is 10.1. The molecule has 0 spiro atoms. The molecule has 1 fully saturated rings. The number of anilines is 1. The number of nitrogens with two attached hydrogens (primary N) is 1. The van der Waals surface area contributed by atoms with E-state index in [2.05, 4.69) is 15.0 Å². The molecule has 2 aromatic heterocycles. The Morgan fingerprint density at radius 3 is 2.74 bits per heavy atom. The van der Waals surface area contributed by atoms with Gasteiger partial charge in [-0.1, -0.05) is 0 Å². The molecule has 0 aromatic carbocycles. The molecule has 0 amide bonds. The largest absolute Gasteiger partial charge is 0.395 e. The van der Waals surface area contributed by atoms with Gasteiger partial charge >= 0.3 is 0 Å². The van der Waals surface area contributed by atoms with Crippen LogP contribution in [0.25, 0.3) is 11.2 Å². The lowest BCUT2D eigenvalue weighted by molar-refractivity contribution is 0.0113. The number of fused-ring (bicyclic) bond motifs is 1. The van der Waals surface area contributed by atoms with Crippen LogP contribution in [0.15, 0.2) is 12.7 Å². The highest BCUT2D eigenvalue weighted by Crippen LogP contribution is 2.42. The second kappa shape index (κ2) is 4.60. The van der Waals surface area contributed by atoms with Crippen LogP contribution in [0, 0.1) is 0 Å². The molecule has 3 rings (SSSR count). The summed E-state index contributed by atoms with van der Waals surface area (Å²) >= 11 is 1.28. The van der Waals surface area contributed by atoms with Gasteiger partial charge in [-0.2, -0.15) is 0 Å². The fourth-order valence-electron chi connectivity index (χ4n) is 2.17. The van der Waals surface area contributed by atoms with Crippen LogP contribution in [0.2, 0.25) is 0 Å². The number of nitrogen functional groups attached to an aromatic ring is 1. The van der Waals surface area contributed by atoms with Crippen molar-refractivity contribution in [1.82, 2.24) is 19.5 Å². The first kappa shape index (κ1) is 12.6. The highest BCUT2D eigenvalue weighted by molar-refractivity contribution is 8.00. The summed E-state index contributed by atoms with van der Waals surface area (Å²) in [6.45, 7) is -0.205. The molecule has 2 aromatic rings. The van der Waals surface area contributed by atoms with Gasteiger partial charge in [0.2, 0.25) is 0 Å². The lowest BCUT2D eigenvalue weighted by atomic mass is 10.1. The first-order chi connectivity index (χ1) is 9.13. The first-order valence-corrected chi connectivity index (χ1v) is 6.63. The lowest BCUT2D eigenvalue weighted by Gasteiger charge is -2.16. The maximum Gasteiger partial charge on any atom is 0.166 e. The highest BCUT2D eigenvalue weighted by Gasteiger charge is 2.43.